The summed E-state index contributed by atoms with van der Waals surface area (Å²) in [6.45, 7) is 5.89. The van der Waals surface area contributed by atoms with Gasteiger partial charge in [0.2, 0.25) is 5.95 Å². The first-order chi connectivity index (χ1) is 15.0. The molecule has 1 aliphatic heterocycles. The van der Waals surface area contributed by atoms with Crippen LogP contribution in [0.4, 0.5) is 11.6 Å². The number of aromatic nitrogens is 4. The molecule has 0 aliphatic carbocycles. The van der Waals surface area contributed by atoms with Gasteiger partial charge >= 0.3 is 5.69 Å². The van der Waals surface area contributed by atoms with Gasteiger partial charge in [0.15, 0.2) is 11.2 Å². The van der Waals surface area contributed by atoms with E-state index < -0.39 is 0 Å². The Labute approximate surface area is 179 Å². The minimum absolute atomic E-state index is 0.243. The van der Waals surface area contributed by atoms with E-state index in [-0.39, 0.29) is 17.8 Å². The molecule has 31 heavy (non-hydrogen) atoms. The molecule has 0 spiro atoms. The molecule has 0 saturated carbocycles. The van der Waals surface area contributed by atoms with Crippen LogP contribution in [0.5, 0.6) is 0 Å². The molecule has 0 N–H and O–H groups in total. The van der Waals surface area contributed by atoms with E-state index >= 15 is 0 Å². The van der Waals surface area contributed by atoms with E-state index in [1.807, 2.05) is 66.1 Å². The summed E-state index contributed by atoms with van der Waals surface area (Å²) < 4.78 is 4.80. The number of fused-ring (bicyclic) bond motifs is 3. The van der Waals surface area contributed by atoms with E-state index in [0.29, 0.717) is 29.6 Å². The summed E-state index contributed by atoms with van der Waals surface area (Å²) in [7, 11) is 1.69. The third-order valence-electron chi connectivity index (χ3n) is 6.10. The number of nitrogens with zero attached hydrogens (tertiary/aromatic N) is 5. The molecule has 0 radical (unpaired) electrons. The van der Waals surface area contributed by atoms with E-state index in [1.54, 1.807) is 7.05 Å². The normalized spacial score (nSPS) is 16.0. The number of aryl methyl sites for hydroxylation is 2. The van der Waals surface area contributed by atoms with Gasteiger partial charge in [0, 0.05) is 25.8 Å². The lowest BCUT2D eigenvalue weighted by Crippen LogP contribution is -2.40. The SMILES string of the molecule is Cc1ccccc1Cn1c(=O)c2c(nc3n2CC(C)CN3c2ccccc2)n(C)c1=O. The Morgan fingerprint density at radius 3 is 2.45 bits per heavy atom. The van der Waals surface area contributed by atoms with Gasteiger partial charge in [-0.2, -0.15) is 4.98 Å². The van der Waals surface area contributed by atoms with Crippen molar-refractivity contribution in [2.24, 2.45) is 13.0 Å². The fraction of sp³-hybridized carbons (Fsp3) is 0.292. The topological polar surface area (TPSA) is 65.1 Å². The van der Waals surface area contributed by atoms with Gasteiger partial charge in [-0.15, -0.1) is 0 Å². The Bertz CT molecular complexity index is 1400. The number of rotatable bonds is 3. The fourth-order valence-electron chi connectivity index (χ4n) is 4.43. The predicted molar refractivity (Wildman–Crippen MR) is 122 cm³/mol. The molecule has 5 rings (SSSR count). The lowest BCUT2D eigenvalue weighted by molar-refractivity contribution is 0.458. The number of benzene rings is 2. The number of imidazole rings is 1. The summed E-state index contributed by atoms with van der Waals surface area (Å²) in [6.07, 6.45) is 0. The molecule has 1 atom stereocenters. The Morgan fingerprint density at radius 2 is 1.71 bits per heavy atom. The van der Waals surface area contributed by atoms with Gasteiger partial charge in [-0.3, -0.25) is 13.9 Å². The largest absolute Gasteiger partial charge is 0.332 e. The lowest BCUT2D eigenvalue weighted by atomic mass is 10.1. The molecule has 0 bridgehead atoms. The number of hydrogen-bond donors (Lipinski definition) is 0. The molecule has 2 aromatic heterocycles. The van der Waals surface area contributed by atoms with Crippen molar-refractivity contribution in [2.45, 2.75) is 26.9 Å². The quantitative estimate of drug-likeness (QED) is 0.516. The number of para-hydroxylation sites is 1. The lowest BCUT2D eigenvalue weighted by Gasteiger charge is -2.32. The van der Waals surface area contributed by atoms with Crippen LogP contribution in [0.1, 0.15) is 18.1 Å². The highest BCUT2D eigenvalue weighted by Gasteiger charge is 2.29. The Hall–Kier alpha value is -3.61. The van der Waals surface area contributed by atoms with Crippen LogP contribution >= 0.6 is 0 Å². The summed E-state index contributed by atoms with van der Waals surface area (Å²) in [4.78, 5) is 33.6. The van der Waals surface area contributed by atoms with Gasteiger partial charge in [-0.05, 0) is 36.1 Å². The summed E-state index contributed by atoms with van der Waals surface area (Å²) in [5.41, 5.74) is 3.31. The predicted octanol–water partition coefficient (Wildman–Crippen LogP) is 3.04. The number of hydrogen-bond acceptors (Lipinski definition) is 4. The monoisotopic (exact) mass is 415 g/mol. The van der Waals surface area contributed by atoms with E-state index in [2.05, 4.69) is 11.8 Å². The zero-order valence-corrected chi connectivity index (χ0v) is 17.9. The van der Waals surface area contributed by atoms with Gasteiger partial charge in [-0.25, -0.2) is 4.79 Å². The zero-order chi connectivity index (χ0) is 21.7. The maximum atomic E-state index is 13.6. The standard InChI is InChI=1S/C24H25N5O2/c1-16-13-27(19-11-5-4-6-12-19)23-25-21-20(28(23)14-16)22(30)29(24(31)26(21)3)15-18-10-8-7-9-17(18)2/h4-12,16H,13-15H2,1-3H3. The first-order valence-electron chi connectivity index (χ1n) is 10.5. The summed E-state index contributed by atoms with van der Waals surface area (Å²) in [5, 5.41) is 0. The highest BCUT2D eigenvalue weighted by molar-refractivity contribution is 5.77. The van der Waals surface area contributed by atoms with E-state index in [9.17, 15) is 9.59 Å². The molecule has 7 heteroatoms. The van der Waals surface area contributed by atoms with Crippen molar-refractivity contribution < 1.29 is 0 Å². The molecule has 3 heterocycles. The van der Waals surface area contributed by atoms with Crippen LogP contribution in [0.3, 0.4) is 0 Å². The highest BCUT2D eigenvalue weighted by atomic mass is 16.2. The molecule has 1 unspecified atom stereocenters. The average Bonchev–Trinajstić information content (AvgIpc) is 3.16. The summed E-state index contributed by atoms with van der Waals surface area (Å²) >= 11 is 0. The van der Waals surface area contributed by atoms with Crippen LogP contribution in [-0.2, 0) is 20.1 Å². The van der Waals surface area contributed by atoms with Crippen molar-refractivity contribution >= 4 is 22.8 Å². The molecule has 0 amide bonds. The smallest absolute Gasteiger partial charge is 0.312 e. The van der Waals surface area contributed by atoms with Crippen LogP contribution in [0.15, 0.2) is 64.2 Å². The van der Waals surface area contributed by atoms with Gasteiger partial charge in [0.25, 0.3) is 5.56 Å². The van der Waals surface area contributed by atoms with E-state index in [1.165, 1.54) is 9.13 Å². The maximum Gasteiger partial charge on any atom is 0.332 e. The molecule has 0 saturated heterocycles. The first-order valence-corrected chi connectivity index (χ1v) is 10.5. The highest BCUT2D eigenvalue weighted by Crippen LogP contribution is 2.32. The molecule has 0 fully saturated rings. The fourth-order valence-corrected chi connectivity index (χ4v) is 4.43. The molecule has 158 valence electrons. The van der Waals surface area contributed by atoms with Crippen molar-refractivity contribution in [1.29, 1.82) is 0 Å². The van der Waals surface area contributed by atoms with Gasteiger partial charge in [0.05, 0.1) is 6.54 Å². The molecule has 1 aliphatic rings. The summed E-state index contributed by atoms with van der Waals surface area (Å²) in [5.74, 6) is 1.03. The van der Waals surface area contributed by atoms with Crippen molar-refractivity contribution in [3.05, 3.63) is 86.6 Å². The minimum Gasteiger partial charge on any atom is -0.312 e. The van der Waals surface area contributed by atoms with Crippen molar-refractivity contribution in [1.82, 2.24) is 18.7 Å². The van der Waals surface area contributed by atoms with Gasteiger partial charge in [0.1, 0.15) is 0 Å². The first kappa shape index (κ1) is 19.4. The molecule has 4 aromatic rings. The summed E-state index contributed by atoms with van der Waals surface area (Å²) in [6, 6.07) is 17.9. The molecule has 7 nitrogen and oxygen atoms in total. The third-order valence-corrected chi connectivity index (χ3v) is 6.10. The second kappa shape index (κ2) is 7.27. The van der Waals surface area contributed by atoms with E-state index in [4.69, 9.17) is 4.98 Å². The maximum absolute atomic E-state index is 13.6. The van der Waals surface area contributed by atoms with Crippen LogP contribution in [0.25, 0.3) is 11.2 Å². The average molecular weight is 415 g/mol. The van der Waals surface area contributed by atoms with Gasteiger partial charge in [-0.1, -0.05) is 49.4 Å². The Morgan fingerprint density at radius 1 is 1.00 bits per heavy atom. The molecule has 2 aromatic carbocycles. The van der Waals surface area contributed by atoms with E-state index in [0.717, 1.165) is 23.4 Å². The minimum atomic E-state index is -0.351. The van der Waals surface area contributed by atoms with Crippen molar-refractivity contribution in [3.8, 4) is 0 Å². The van der Waals surface area contributed by atoms with Crippen LogP contribution < -0.4 is 16.1 Å². The molecular weight excluding hydrogens is 390 g/mol. The van der Waals surface area contributed by atoms with Crippen molar-refractivity contribution in [3.63, 3.8) is 0 Å². The number of anilines is 2. The zero-order valence-electron chi connectivity index (χ0n) is 17.9. The van der Waals surface area contributed by atoms with Crippen LogP contribution in [-0.4, -0.2) is 25.2 Å². The van der Waals surface area contributed by atoms with Gasteiger partial charge < -0.3 is 9.47 Å². The van der Waals surface area contributed by atoms with Crippen molar-refractivity contribution in [2.75, 3.05) is 11.4 Å². The van der Waals surface area contributed by atoms with Crippen LogP contribution in [0, 0.1) is 12.8 Å². The Kier molecular flexibility index (Phi) is 4.54. The second-order valence-corrected chi connectivity index (χ2v) is 8.41. The third kappa shape index (κ3) is 3.08. The second-order valence-electron chi connectivity index (χ2n) is 8.41. The molecular formula is C24H25N5O2. The Balaban J connectivity index is 1.74. The van der Waals surface area contributed by atoms with Crippen LogP contribution in [0.2, 0.25) is 0 Å².